The second kappa shape index (κ2) is 9.70. The first-order valence-electron chi connectivity index (χ1n) is 10.1. The van der Waals surface area contributed by atoms with Gasteiger partial charge in [0.05, 0.1) is 13.7 Å². The smallest absolute Gasteiger partial charge is 0.332 e. The molecule has 182 valence electrons. The van der Waals surface area contributed by atoms with Crippen LogP contribution >= 0.6 is 11.8 Å². The molecule has 1 aliphatic heterocycles. The van der Waals surface area contributed by atoms with Gasteiger partial charge in [-0.1, -0.05) is 17.8 Å². The molecular weight excluding hydrogens is 486 g/mol. The largest absolute Gasteiger partial charge is 0.481 e. The van der Waals surface area contributed by atoms with E-state index < -0.39 is 40.0 Å². The number of carbonyl (C=O) groups excluding carboxylic acids is 2. The third-order valence-electron chi connectivity index (χ3n) is 5.15. The van der Waals surface area contributed by atoms with E-state index in [-0.39, 0.29) is 29.4 Å². The lowest BCUT2D eigenvalue weighted by Crippen LogP contribution is -2.46. The van der Waals surface area contributed by atoms with Gasteiger partial charge in [-0.05, 0) is 29.3 Å². The fourth-order valence-corrected chi connectivity index (χ4v) is 4.41. The number of amides is 1. The average Bonchev–Trinajstić information content (AvgIpc) is 2.85. The number of aromatic nitrogens is 3. The maximum atomic E-state index is 13.6. The van der Waals surface area contributed by atoms with Gasteiger partial charge in [0, 0.05) is 19.3 Å². The summed E-state index contributed by atoms with van der Waals surface area (Å²) in [5, 5.41) is 1.01. The third-order valence-corrected chi connectivity index (χ3v) is 6.40. The highest BCUT2D eigenvalue weighted by Crippen LogP contribution is 2.32. The van der Waals surface area contributed by atoms with Crippen LogP contribution in [-0.2, 0) is 34.5 Å². The van der Waals surface area contributed by atoms with Crippen LogP contribution in [0.15, 0.2) is 51.0 Å². The van der Waals surface area contributed by atoms with Crippen molar-refractivity contribution in [3.63, 3.8) is 0 Å². The van der Waals surface area contributed by atoms with Crippen molar-refractivity contribution in [2.75, 3.05) is 12.4 Å². The summed E-state index contributed by atoms with van der Waals surface area (Å²) >= 11 is 0.645. The monoisotopic (exact) mass is 504 g/mol. The normalized spacial score (nSPS) is 14.7. The molecule has 13 heteroatoms. The topological polar surface area (TPSA) is 122 Å². The first kappa shape index (κ1) is 24.1. The zero-order valence-electron chi connectivity index (χ0n) is 18.4. The molecule has 1 aliphatic rings. The number of halogens is 2. The molecule has 0 aliphatic carbocycles. The van der Waals surface area contributed by atoms with Crippen molar-refractivity contribution in [2.45, 2.75) is 23.3 Å². The summed E-state index contributed by atoms with van der Waals surface area (Å²) < 4.78 is 38.9. The van der Waals surface area contributed by atoms with E-state index in [1.54, 1.807) is 12.1 Å². The van der Waals surface area contributed by atoms with Gasteiger partial charge in [-0.25, -0.2) is 18.6 Å². The Balaban J connectivity index is 1.60. The Labute approximate surface area is 200 Å². The minimum atomic E-state index is -1.41. The van der Waals surface area contributed by atoms with Crippen molar-refractivity contribution < 1.29 is 27.8 Å². The molecule has 0 spiro atoms. The van der Waals surface area contributed by atoms with Crippen molar-refractivity contribution in [1.82, 2.24) is 14.1 Å². The van der Waals surface area contributed by atoms with Gasteiger partial charge in [0.2, 0.25) is 11.8 Å². The van der Waals surface area contributed by atoms with E-state index in [0.717, 1.165) is 21.3 Å². The lowest BCUT2D eigenvalue weighted by atomic mass is 10.2. The van der Waals surface area contributed by atoms with Crippen LogP contribution in [0.1, 0.15) is 11.1 Å². The number of benzene rings is 1. The molecule has 2 aromatic heterocycles. The summed E-state index contributed by atoms with van der Waals surface area (Å²) in [7, 11) is 2.77. The molecule has 3 heterocycles. The molecule has 1 N–H and O–H groups in total. The van der Waals surface area contributed by atoms with Gasteiger partial charge in [-0.3, -0.25) is 23.5 Å². The zero-order valence-corrected chi connectivity index (χ0v) is 19.2. The van der Waals surface area contributed by atoms with Crippen LogP contribution in [0, 0.1) is 11.6 Å². The van der Waals surface area contributed by atoms with E-state index in [1.807, 2.05) is 0 Å². The average molecular weight is 504 g/mol. The van der Waals surface area contributed by atoms with Crippen molar-refractivity contribution in [1.29, 1.82) is 0 Å². The Morgan fingerprint density at radius 3 is 2.63 bits per heavy atom. The molecule has 35 heavy (non-hydrogen) atoms. The van der Waals surface area contributed by atoms with Crippen molar-refractivity contribution in [2.24, 2.45) is 7.05 Å². The molecule has 1 atom stereocenters. The Kier molecular flexibility index (Phi) is 6.69. The van der Waals surface area contributed by atoms with E-state index in [9.17, 15) is 28.0 Å². The molecule has 1 unspecified atom stereocenters. The quantitative estimate of drug-likeness (QED) is 0.395. The number of hydrogen-bond donors (Lipinski definition) is 1. The molecule has 3 aromatic rings. The van der Waals surface area contributed by atoms with Crippen LogP contribution in [0.4, 0.5) is 14.6 Å². The van der Waals surface area contributed by atoms with Gasteiger partial charge in [0.1, 0.15) is 17.3 Å². The molecule has 0 radical (unpaired) electrons. The Bertz CT molecular complexity index is 1450. The molecule has 10 nitrogen and oxygen atoms in total. The second-order valence-electron chi connectivity index (χ2n) is 7.46. The van der Waals surface area contributed by atoms with Gasteiger partial charge in [-0.15, -0.1) is 0 Å². The Morgan fingerprint density at radius 1 is 1.14 bits per heavy atom. The lowest BCUT2D eigenvalue weighted by Gasteiger charge is -2.24. The van der Waals surface area contributed by atoms with Gasteiger partial charge >= 0.3 is 11.7 Å². The first-order valence-corrected chi connectivity index (χ1v) is 11.0. The minimum absolute atomic E-state index is 0.0678. The van der Waals surface area contributed by atoms with Crippen molar-refractivity contribution in [3.8, 4) is 5.88 Å². The number of esters is 1. The van der Waals surface area contributed by atoms with Gasteiger partial charge < -0.3 is 14.8 Å². The third kappa shape index (κ3) is 4.80. The van der Waals surface area contributed by atoms with Crippen LogP contribution in [0.3, 0.4) is 0 Å². The van der Waals surface area contributed by atoms with Crippen LogP contribution in [0.5, 0.6) is 5.88 Å². The van der Waals surface area contributed by atoms with E-state index in [1.165, 1.54) is 26.4 Å². The number of carbonyl (C=O) groups is 2. The summed E-state index contributed by atoms with van der Waals surface area (Å²) in [6.45, 7) is -0.508. The predicted octanol–water partition coefficient (Wildman–Crippen LogP) is 1.43. The molecule has 0 bridgehead atoms. The van der Waals surface area contributed by atoms with Crippen LogP contribution in [0.2, 0.25) is 0 Å². The number of rotatable bonds is 6. The fraction of sp³-hybridized carbons (Fsp3) is 0.227. The molecule has 0 saturated carbocycles. The number of hydrogen-bond acceptors (Lipinski definition) is 8. The van der Waals surface area contributed by atoms with Gasteiger partial charge in [0.15, 0.2) is 16.9 Å². The molecular formula is C22H18F2N4O6S. The summed E-state index contributed by atoms with van der Waals surface area (Å²) in [4.78, 5) is 54.9. The Hall–Kier alpha value is -4.00. The summed E-state index contributed by atoms with van der Waals surface area (Å²) in [6, 6.07) is 6.17. The highest BCUT2D eigenvalue weighted by molar-refractivity contribution is 8.01. The number of nitrogens with zero attached hydrogens (tertiary/aromatic N) is 3. The first-order chi connectivity index (χ1) is 16.7. The van der Waals surface area contributed by atoms with E-state index in [0.29, 0.717) is 23.2 Å². The number of fused-ring (bicyclic) bond motifs is 1. The number of pyridine rings is 1. The fourth-order valence-electron chi connectivity index (χ4n) is 3.34. The number of thioether (sulfide) groups is 1. The molecule has 4 rings (SSSR count). The molecule has 0 fully saturated rings. The summed E-state index contributed by atoms with van der Waals surface area (Å²) in [6.07, 6.45) is 1.47. The molecule has 0 saturated heterocycles. The van der Waals surface area contributed by atoms with E-state index >= 15 is 0 Å². The summed E-state index contributed by atoms with van der Waals surface area (Å²) in [5.41, 5.74) is -0.832. The second-order valence-corrected chi connectivity index (χ2v) is 8.58. The maximum absolute atomic E-state index is 13.6. The van der Waals surface area contributed by atoms with Crippen molar-refractivity contribution >= 4 is 29.5 Å². The van der Waals surface area contributed by atoms with Crippen LogP contribution < -0.4 is 21.3 Å². The Morgan fingerprint density at radius 2 is 1.91 bits per heavy atom. The standard InChI is InChI=1S/C22H18F2N4O6S/c1-27-18-16(20(30)28(22(27)32)9-11-3-4-13(23)14(24)7-11)35-17(19(29)26-18)21(31)34-10-12-5-6-25-15(8-12)33-2/h3-8,17H,9-10H2,1-2H3,(H,26,29). The SMILES string of the molecule is COc1cc(COC(=O)C2Sc3c(n(C)c(=O)n(Cc4ccc(F)c(F)c4)c3=O)NC2=O)ccn1. The predicted molar refractivity (Wildman–Crippen MR) is 120 cm³/mol. The summed E-state index contributed by atoms with van der Waals surface area (Å²) in [5.74, 6) is -3.59. The van der Waals surface area contributed by atoms with E-state index in [4.69, 9.17) is 9.47 Å². The minimum Gasteiger partial charge on any atom is -0.481 e. The van der Waals surface area contributed by atoms with Crippen LogP contribution in [-0.4, -0.2) is 38.4 Å². The number of nitrogens with one attached hydrogen (secondary N) is 1. The highest BCUT2D eigenvalue weighted by atomic mass is 32.2. The van der Waals surface area contributed by atoms with Gasteiger partial charge in [0.25, 0.3) is 5.56 Å². The van der Waals surface area contributed by atoms with E-state index in [2.05, 4.69) is 10.3 Å². The molecule has 1 aromatic carbocycles. The maximum Gasteiger partial charge on any atom is 0.332 e. The van der Waals surface area contributed by atoms with Crippen molar-refractivity contribution in [3.05, 3.63) is 80.1 Å². The van der Waals surface area contributed by atoms with Gasteiger partial charge in [-0.2, -0.15) is 0 Å². The number of methoxy groups -OCH3 is 1. The molecule has 1 amide bonds. The highest BCUT2D eigenvalue weighted by Gasteiger charge is 2.38. The van der Waals surface area contributed by atoms with Crippen LogP contribution in [0.25, 0.3) is 0 Å². The number of ether oxygens (including phenoxy) is 2. The lowest BCUT2D eigenvalue weighted by molar-refractivity contribution is -0.146. The zero-order chi connectivity index (χ0) is 25.3. The number of anilines is 1.